The molecular weight excluding hydrogens is 202 g/mol. The van der Waals surface area contributed by atoms with Crippen LogP contribution in [0.5, 0.6) is 0 Å². The first-order valence-electron chi connectivity index (χ1n) is 6.27. The van der Waals surface area contributed by atoms with E-state index in [1.807, 2.05) is 18.7 Å². The minimum Gasteiger partial charge on any atom is -0.369 e. The van der Waals surface area contributed by atoms with Crippen molar-refractivity contribution in [3.63, 3.8) is 0 Å². The van der Waals surface area contributed by atoms with E-state index in [-0.39, 0.29) is 5.91 Å². The van der Waals surface area contributed by atoms with Crippen LogP contribution in [-0.2, 0) is 9.53 Å². The van der Waals surface area contributed by atoms with E-state index in [2.05, 4.69) is 13.8 Å². The Hall–Kier alpha value is -0.570. The number of piperidine rings is 1. The molecule has 0 aromatic rings. The Morgan fingerprint density at radius 3 is 2.25 bits per heavy atom. The highest BCUT2D eigenvalue weighted by molar-refractivity contribution is 5.84. The molecule has 3 unspecified atom stereocenters. The van der Waals surface area contributed by atoms with Gasteiger partial charge in [0.1, 0.15) is 5.60 Å². The molecule has 1 aliphatic rings. The van der Waals surface area contributed by atoms with Gasteiger partial charge < -0.3 is 9.64 Å². The average molecular weight is 227 g/mol. The number of nitrogens with zero attached hydrogens (tertiary/aromatic N) is 1. The third kappa shape index (κ3) is 2.76. The smallest absolute Gasteiger partial charge is 0.254 e. The van der Waals surface area contributed by atoms with Crippen LogP contribution in [0.3, 0.4) is 0 Å². The van der Waals surface area contributed by atoms with Gasteiger partial charge in [-0.1, -0.05) is 20.8 Å². The van der Waals surface area contributed by atoms with E-state index in [1.165, 1.54) is 6.42 Å². The lowest BCUT2D eigenvalue weighted by atomic mass is 9.90. The van der Waals surface area contributed by atoms with Crippen LogP contribution >= 0.6 is 0 Å². The summed E-state index contributed by atoms with van der Waals surface area (Å²) in [4.78, 5) is 14.4. The standard InChI is InChI=1S/C13H25NO2/c1-6-13(4,16-5)12(15)14-8-10(2)7-11(3)9-14/h10-11H,6-9H2,1-5H3. The molecule has 0 aromatic carbocycles. The number of amides is 1. The lowest BCUT2D eigenvalue weighted by molar-refractivity contribution is -0.156. The van der Waals surface area contributed by atoms with E-state index >= 15 is 0 Å². The van der Waals surface area contributed by atoms with Gasteiger partial charge in [0.15, 0.2) is 0 Å². The Morgan fingerprint density at radius 1 is 1.38 bits per heavy atom. The van der Waals surface area contributed by atoms with Gasteiger partial charge in [-0.3, -0.25) is 4.79 Å². The molecule has 1 rings (SSSR count). The van der Waals surface area contributed by atoms with Crippen molar-refractivity contribution in [2.75, 3.05) is 20.2 Å². The Labute approximate surface area is 99.1 Å². The van der Waals surface area contributed by atoms with Crippen LogP contribution < -0.4 is 0 Å². The second-order valence-corrected chi connectivity index (χ2v) is 5.44. The van der Waals surface area contributed by atoms with Crippen LogP contribution in [0.25, 0.3) is 0 Å². The lowest BCUT2D eigenvalue weighted by Gasteiger charge is -2.39. The van der Waals surface area contributed by atoms with Gasteiger partial charge in [0, 0.05) is 20.2 Å². The topological polar surface area (TPSA) is 29.5 Å². The van der Waals surface area contributed by atoms with Crippen LogP contribution in [0.15, 0.2) is 0 Å². The largest absolute Gasteiger partial charge is 0.369 e. The molecule has 16 heavy (non-hydrogen) atoms. The van der Waals surface area contributed by atoms with Gasteiger partial charge in [0.25, 0.3) is 5.91 Å². The molecule has 0 spiro atoms. The van der Waals surface area contributed by atoms with Crippen LogP contribution in [0.1, 0.15) is 40.5 Å². The first-order valence-corrected chi connectivity index (χ1v) is 6.27. The molecule has 94 valence electrons. The van der Waals surface area contributed by atoms with Gasteiger partial charge >= 0.3 is 0 Å². The zero-order chi connectivity index (χ0) is 12.3. The highest BCUT2D eigenvalue weighted by Crippen LogP contribution is 2.25. The maximum absolute atomic E-state index is 12.4. The molecule has 3 nitrogen and oxygen atoms in total. The molecule has 0 N–H and O–H groups in total. The van der Waals surface area contributed by atoms with Gasteiger partial charge in [-0.2, -0.15) is 0 Å². The van der Waals surface area contributed by atoms with Gasteiger partial charge in [0.05, 0.1) is 0 Å². The summed E-state index contributed by atoms with van der Waals surface area (Å²) >= 11 is 0. The molecule has 1 amide bonds. The number of rotatable bonds is 3. The molecule has 1 fully saturated rings. The fourth-order valence-electron chi connectivity index (χ4n) is 2.55. The number of hydrogen-bond acceptors (Lipinski definition) is 2. The normalized spacial score (nSPS) is 29.9. The molecule has 0 saturated carbocycles. The number of carbonyl (C=O) groups is 1. The quantitative estimate of drug-likeness (QED) is 0.740. The second kappa shape index (κ2) is 5.17. The Balaban J connectivity index is 2.73. The maximum Gasteiger partial charge on any atom is 0.254 e. The van der Waals surface area contributed by atoms with Gasteiger partial charge in [-0.15, -0.1) is 0 Å². The third-order valence-electron chi connectivity index (χ3n) is 3.73. The average Bonchev–Trinajstić information content (AvgIpc) is 2.25. The van der Waals surface area contributed by atoms with Gasteiger partial charge in [-0.25, -0.2) is 0 Å². The molecule has 1 saturated heterocycles. The summed E-state index contributed by atoms with van der Waals surface area (Å²) < 4.78 is 5.38. The van der Waals surface area contributed by atoms with Crippen LogP contribution in [0, 0.1) is 11.8 Å². The number of methoxy groups -OCH3 is 1. The molecule has 1 aliphatic heterocycles. The molecule has 0 aromatic heterocycles. The highest BCUT2D eigenvalue weighted by atomic mass is 16.5. The molecule has 0 bridgehead atoms. The van der Waals surface area contributed by atoms with Crippen molar-refractivity contribution in [2.24, 2.45) is 11.8 Å². The second-order valence-electron chi connectivity index (χ2n) is 5.44. The molecular formula is C13H25NO2. The van der Waals surface area contributed by atoms with Crippen molar-refractivity contribution in [3.05, 3.63) is 0 Å². The zero-order valence-electron chi connectivity index (χ0n) is 11.2. The van der Waals surface area contributed by atoms with E-state index in [9.17, 15) is 4.79 Å². The number of likely N-dealkylation sites (tertiary alicyclic amines) is 1. The molecule has 1 heterocycles. The number of ether oxygens (including phenoxy) is 1. The first kappa shape index (κ1) is 13.5. The number of hydrogen-bond donors (Lipinski definition) is 0. The predicted molar refractivity (Wildman–Crippen MR) is 65.2 cm³/mol. The van der Waals surface area contributed by atoms with Crippen molar-refractivity contribution in [1.29, 1.82) is 0 Å². The third-order valence-corrected chi connectivity index (χ3v) is 3.73. The van der Waals surface area contributed by atoms with Crippen molar-refractivity contribution in [3.8, 4) is 0 Å². The maximum atomic E-state index is 12.4. The summed E-state index contributed by atoms with van der Waals surface area (Å²) in [7, 11) is 1.62. The SMILES string of the molecule is CCC(C)(OC)C(=O)N1CC(C)CC(C)C1. The Bertz CT molecular complexity index is 238. The minimum absolute atomic E-state index is 0.149. The fraction of sp³-hybridized carbons (Fsp3) is 0.923. The van der Waals surface area contributed by atoms with Crippen LogP contribution in [0.4, 0.5) is 0 Å². The van der Waals surface area contributed by atoms with E-state index in [4.69, 9.17) is 4.74 Å². The molecule has 3 heteroatoms. The summed E-state index contributed by atoms with van der Waals surface area (Å²) in [6, 6.07) is 0. The monoisotopic (exact) mass is 227 g/mol. The van der Waals surface area contributed by atoms with Crippen LogP contribution in [0.2, 0.25) is 0 Å². The Kier molecular flexibility index (Phi) is 4.36. The van der Waals surface area contributed by atoms with Crippen molar-refractivity contribution in [1.82, 2.24) is 4.90 Å². The van der Waals surface area contributed by atoms with Gasteiger partial charge in [0.2, 0.25) is 0 Å². The molecule has 0 radical (unpaired) electrons. The first-order chi connectivity index (χ1) is 7.42. The summed E-state index contributed by atoms with van der Waals surface area (Å²) in [5.41, 5.74) is -0.642. The zero-order valence-corrected chi connectivity index (χ0v) is 11.2. The van der Waals surface area contributed by atoms with E-state index in [1.54, 1.807) is 7.11 Å². The van der Waals surface area contributed by atoms with E-state index < -0.39 is 5.60 Å². The molecule has 0 aliphatic carbocycles. The fourth-order valence-corrected chi connectivity index (χ4v) is 2.55. The van der Waals surface area contributed by atoms with Crippen molar-refractivity contribution < 1.29 is 9.53 Å². The molecule has 3 atom stereocenters. The van der Waals surface area contributed by atoms with Gasteiger partial charge in [-0.05, 0) is 31.6 Å². The van der Waals surface area contributed by atoms with E-state index in [0.717, 1.165) is 19.5 Å². The summed E-state index contributed by atoms with van der Waals surface area (Å²) in [5, 5.41) is 0. The number of carbonyl (C=O) groups excluding carboxylic acids is 1. The Morgan fingerprint density at radius 2 is 1.88 bits per heavy atom. The van der Waals surface area contributed by atoms with E-state index in [0.29, 0.717) is 11.8 Å². The van der Waals surface area contributed by atoms with Crippen molar-refractivity contribution >= 4 is 5.91 Å². The van der Waals surface area contributed by atoms with Crippen LogP contribution in [-0.4, -0.2) is 36.6 Å². The summed E-state index contributed by atoms with van der Waals surface area (Å²) in [6.07, 6.45) is 1.95. The summed E-state index contributed by atoms with van der Waals surface area (Å²) in [5.74, 6) is 1.35. The summed E-state index contributed by atoms with van der Waals surface area (Å²) in [6.45, 7) is 10.1. The van der Waals surface area contributed by atoms with Crippen molar-refractivity contribution in [2.45, 2.75) is 46.1 Å². The lowest BCUT2D eigenvalue weighted by Crippen LogP contribution is -2.52. The highest BCUT2D eigenvalue weighted by Gasteiger charge is 2.37. The predicted octanol–water partition coefficient (Wildman–Crippen LogP) is 2.31. The minimum atomic E-state index is -0.642.